The Balaban J connectivity index is 1.74. The van der Waals surface area contributed by atoms with Crippen molar-refractivity contribution in [2.45, 2.75) is 36.3 Å². The lowest BCUT2D eigenvalue weighted by molar-refractivity contribution is -0.138. The van der Waals surface area contributed by atoms with Crippen molar-refractivity contribution in [1.29, 1.82) is 0 Å². The predicted molar refractivity (Wildman–Crippen MR) is 113 cm³/mol. The number of alkyl halides is 3. The number of rotatable bonds is 5. The summed E-state index contributed by atoms with van der Waals surface area (Å²) in [7, 11) is -4.38. The molecule has 0 saturated heterocycles. The molecule has 1 aliphatic rings. The van der Waals surface area contributed by atoms with Gasteiger partial charge in [0, 0.05) is 42.6 Å². The number of carbonyl (C=O) groups is 1. The summed E-state index contributed by atoms with van der Waals surface area (Å²) in [5.41, 5.74) is -0.108. The van der Waals surface area contributed by atoms with E-state index in [0.717, 1.165) is 16.5 Å². The number of sulfone groups is 1. The summed E-state index contributed by atoms with van der Waals surface area (Å²) < 4.78 is 62.2. The van der Waals surface area contributed by atoms with Crippen LogP contribution in [0.2, 0.25) is 5.02 Å². The molecule has 3 rings (SSSR count). The maximum Gasteiger partial charge on any atom is 0.417 e. The first-order valence-electron chi connectivity index (χ1n) is 9.30. The summed E-state index contributed by atoms with van der Waals surface area (Å²) in [6, 6.07) is 8.60. The Kier molecular flexibility index (Phi) is 6.39. The third-order valence-electron chi connectivity index (χ3n) is 4.88. The van der Waals surface area contributed by atoms with Crippen LogP contribution < -0.4 is 0 Å². The van der Waals surface area contributed by atoms with E-state index < -0.39 is 37.3 Å². The zero-order chi connectivity index (χ0) is 23.7. The molecule has 0 fully saturated rings. The number of hydrogen-bond acceptors (Lipinski definition) is 5. The first kappa shape index (κ1) is 23.8. The first-order valence-corrected chi connectivity index (χ1v) is 11.2. The molecule has 0 saturated carbocycles. The SMILES string of the molecule is CC(C)(C(=O)N1C=CN(Cc2ccc(Cl)cc2)C=C1)S(=O)(=O)c1ccc(C(F)(F)F)cn1. The predicted octanol–water partition coefficient (Wildman–Crippen LogP) is 4.59. The van der Waals surface area contributed by atoms with Crippen LogP contribution in [0, 0.1) is 0 Å². The average molecular weight is 486 g/mol. The molecule has 170 valence electrons. The molecule has 0 unspecified atom stereocenters. The highest BCUT2D eigenvalue weighted by molar-refractivity contribution is 7.93. The summed E-state index contributed by atoms with van der Waals surface area (Å²) >= 11 is 5.87. The number of halogens is 4. The Morgan fingerprint density at radius 3 is 2.09 bits per heavy atom. The molecule has 32 heavy (non-hydrogen) atoms. The monoisotopic (exact) mass is 485 g/mol. The van der Waals surface area contributed by atoms with E-state index in [2.05, 4.69) is 4.98 Å². The number of hydrogen-bond donors (Lipinski definition) is 0. The van der Waals surface area contributed by atoms with Gasteiger partial charge in [-0.3, -0.25) is 9.69 Å². The van der Waals surface area contributed by atoms with E-state index in [0.29, 0.717) is 23.8 Å². The topological polar surface area (TPSA) is 70.6 Å². The largest absolute Gasteiger partial charge is 0.417 e. The van der Waals surface area contributed by atoms with Gasteiger partial charge in [-0.1, -0.05) is 23.7 Å². The van der Waals surface area contributed by atoms with Gasteiger partial charge in [-0.2, -0.15) is 13.2 Å². The molecular weight excluding hydrogens is 467 g/mol. The first-order chi connectivity index (χ1) is 14.8. The Hall–Kier alpha value is -2.85. The van der Waals surface area contributed by atoms with Crippen molar-refractivity contribution < 1.29 is 26.4 Å². The van der Waals surface area contributed by atoms with Gasteiger partial charge in [0.1, 0.15) is 0 Å². The van der Waals surface area contributed by atoms with Gasteiger partial charge in [-0.05, 0) is 43.7 Å². The van der Waals surface area contributed by atoms with Crippen LogP contribution in [0.4, 0.5) is 13.2 Å². The highest BCUT2D eigenvalue weighted by Gasteiger charge is 2.46. The van der Waals surface area contributed by atoms with Gasteiger partial charge in [0.25, 0.3) is 5.91 Å². The fourth-order valence-corrected chi connectivity index (χ4v) is 4.27. The number of amides is 1. The molecule has 0 atom stereocenters. The Morgan fingerprint density at radius 1 is 1.00 bits per heavy atom. The normalized spacial score (nSPS) is 14.7. The summed E-state index contributed by atoms with van der Waals surface area (Å²) in [4.78, 5) is 19.3. The van der Waals surface area contributed by atoms with Gasteiger partial charge >= 0.3 is 6.18 Å². The van der Waals surface area contributed by atoms with Crippen LogP contribution in [-0.2, 0) is 27.4 Å². The lowest BCUT2D eigenvalue weighted by Crippen LogP contribution is -2.47. The van der Waals surface area contributed by atoms with Gasteiger partial charge in [-0.25, -0.2) is 13.4 Å². The van der Waals surface area contributed by atoms with Crippen LogP contribution in [0.1, 0.15) is 25.0 Å². The van der Waals surface area contributed by atoms with E-state index in [4.69, 9.17) is 11.6 Å². The quantitative estimate of drug-likeness (QED) is 0.619. The highest BCUT2D eigenvalue weighted by atomic mass is 35.5. The molecule has 0 radical (unpaired) electrons. The maximum absolute atomic E-state index is 13.0. The van der Waals surface area contributed by atoms with Crippen LogP contribution >= 0.6 is 11.6 Å². The van der Waals surface area contributed by atoms with Crippen molar-refractivity contribution in [1.82, 2.24) is 14.8 Å². The van der Waals surface area contributed by atoms with Crippen molar-refractivity contribution in [2.24, 2.45) is 0 Å². The number of aromatic nitrogens is 1. The lowest BCUT2D eigenvalue weighted by Gasteiger charge is -2.30. The van der Waals surface area contributed by atoms with Crippen molar-refractivity contribution in [2.75, 3.05) is 0 Å². The van der Waals surface area contributed by atoms with Crippen LogP contribution in [0.25, 0.3) is 0 Å². The number of nitrogens with zero attached hydrogens (tertiary/aromatic N) is 3. The second kappa shape index (κ2) is 8.59. The van der Waals surface area contributed by atoms with Gasteiger partial charge in [-0.15, -0.1) is 0 Å². The van der Waals surface area contributed by atoms with Gasteiger partial charge in [0.2, 0.25) is 9.84 Å². The molecule has 11 heteroatoms. The second-order valence-corrected chi connectivity index (χ2v) is 10.4. The van der Waals surface area contributed by atoms with E-state index >= 15 is 0 Å². The highest BCUT2D eigenvalue weighted by Crippen LogP contribution is 2.31. The van der Waals surface area contributed by atoms with Crippen molar-refractivity contribution in [3.8, 4) is 0 Å². The van der Waals surface area contributed by atoms with Crippen LogP contribution in [0.3, 0.4) is 0 Å². The summed E-state index contributed by atoms with van der Waals surface area (Å²) in [5.74, 6) is -0.780. The van der Waals surface area contributed by atoms with Crippen molar-refractivity contribution in [3.63, 3.8) is 0 Å². The van der Waals surface area contributed by atoms with E-state index in [1.807, 2.05) is 12.1 Å². The summed E-state index contributed by atoms with van der Waals surface area (Å²) in [5, 5.41) is -0.000546. The average Bonchev–Trinajstić information content (AvgIpc) is 2.74. The molecular formula is C21H19ClF3N3O3S. The molecule has 2 heterocycles. The third kappa shape index (κ3) is 4.81. The molecule has 0 bridgehead atoms. The molecule has 0 aliphatic carbocycles. The van der Waals surface area contributed by atoms with Crippen LogP contribution in [0.15, 0.2) is 72.4 Å². The smallest absolute Gasteiger partial charge is 0.347 e. The molecule has 2 aromatic rings. The number of carbonyl (C=O) groups excluding carboxylic acids is 1. The molecule has 6 nitrogen and oxygen atoms in total. The standard InChI is InChI=1S/C21H19ClF3N3O3S/c1-20(2,32(30,31)18-8-5-16(13-26-18)21(23,24)25)19(29)28-11-9-27(10-12-28)14-15-3-6-17(22)7-4-15/h3-13H,14H2,1-2H3. The maximum atomic E-state index is 13.0. The van der Waals surface area contributed by atoms with E-state index in [9.17, 15) is 26.4 Å². The third-order valence-corrected chi connectivity index (χ3v) is 7.44. The summed E-state index contributed by atoms with van der Waals surface area (Å²) in [6.07, 6.45) is 1.81. The second-order valence-electron chi connectivity index (χ2n) is 7.50. The van der Waals surface area contributed by atoms with Gasteiger partial charge in [0.15, 0.2) is 9.77 Å². The van der Waals surface area contributed by atoms with Gasteiger partial charge < -0.3 is 4.90 Å². The fourth-order valence-electron chi connectivity index (χ4n) is 2.85. The zero-order valence-electron chi connectivity index (χ0n) is 17.0. The van der Waals surface area contributed by atoms with Crippen LogP contribution in [-0.4, -0.2) is 33.9 Å². The lowest BCUT2D eigenvalue weighted by atomic mass is 10.2. The molecule has 0 N–H and O–H groups in total. The molecule has 0 spiro atoms. The Labute approximate surface area is 188 Å². The molecule has 1 aromatic heterocycles. The van der Waals surface area contributed by atoms with Crippen molar-refractivity contribution >= 4 is 27.3 Å². The Morgan fingerprint density at radius 2 is 1.59 bits per heavy atom. The minimum absolute atomic E-state index is 0.433. The number of pyridine rings is 1. The van der Waals surface area contributed by atoms with Crippen LogP contribution in [0.5, 0.6) is 0 Å². The molecule has 1 amide bonds. The van der Waals surface area contributed by atoms with Crippen molar-refractivity contribution in [3.05, 3.63) is 83.5 Å². The minimum atomic E-state index is -4.65. The van der Waals surface area contributed by atoms with Gasteiger partial charge in [0.05, 0.1) is 5.56 Å². The zero-order valence-corrected chi connectivity index (χ0v) is 18.6. The minimum Gasteiger partial charge on any atom is -0.347 e. The molecule has 1 aromatic carbocycles. The Bertz CT molecular complexity index is 1150. The fraction of sp³-hybridized carbons (Fsp3) is 0.238. The van der Waals surface area contributed by atoms with E-state index in [-0.39, 0.29) is 0 Å². The van der Waals surface area contributed by atoms with E-state index in [1.54, 1.807) is 29.4 Å². The van der Waals surface area contributed by atoms with E-state index in [1.165, 1.54) is 26.2 Å². The summed E-state index contributed by atoms with van der Waals surface area (Å²) in [6.45, 7) is 2.88. The number of benzene rings is 1. The molecule has 1 aliphatic heterocycles.